The maximum atomic E-state index is 12.5. The molecule has 9 nitrogen and oxygen atoms in total. The molecular weight excluding hydrogens is 442 g/mol. The number of nitrogens with one attached hydrogen (secondary N) is 1. The number of aromatic nitrogens is 3. The van der Waals surface area contributed by atoms with Crippen LogP contribution in [0.5, 0.6) is 0 Å². The lowest BCUT2D eigenvalue weighted by atomic mass is 10.2. The van der Waals surface area contributed by atoms with Gasteiger partial charge < -0.3 is 14.6 Å². The van der Waals surface area contributed by atoms with E-state index in [1.165, 1.54) is 22.2 Å². The Hall–Kier alpha value is -3.45. The SMILES string of the molecule is Cc1c(C#N)c(NC(=O)COC(=O)CCn2cnc3sccc3c2=O)n(C2CCCC2)c1C. The van der Waals surface area contributed by atoms with Gasteiger partial charge in [0.1, 0.15) is 16.7 Å². The Bertz CT molecular complexity index is 1310. The number of rotatable bonds is 7. The number of aryl methyl sites for hydroxylation is 1. The lowest BCUT2D eigenvalue weighted by molar-refractivity contribution is -0.147. The van der Waals surface area contributed by atoms with Crippen LogP contribution in [0.2, 0.25) is 0 Å². The molecule has 0 bridgehead atoms. The first-order chi connectivity index (χ1) is 15.9. The minimum absolute atomic E-state index is 0.0649. The van der Waals surface area contributed by atoms with Gasteiger partial charge in [0.15, 0.2) is 6.61 Å². The van der Waals surface area contributed by atoms with E-state index >= 15 is 0 Å². The van der Waals surface area contributed by atoms with Gasteiger partial charge in [-0.05, 0) is 43.7 Å². The third-order valence-corrected chi connectivity index (χ3v) is 7.01. The average Bonchev–Trinajstić information content (AvgIpc) is 3.53. The molecule has 3 aromatic heterocycles. The van der Waals surface area contributed by atoms with Crippen LogP contribution in [-0.4, -0.2) is 32.6 Å². The van der Waals surface area contributed by atoms with Gasteiger partial charge in [0.25, 0.3) is 11.5 Å². The molecule has 0 unspecified atom stereocenters. The Morgan fingerprint density at radius 3 is 2.82 bits per heavy atom. The van der Waals surface area contributed by atoms with Crippen LogP contribution in [0.1, 0.15) is 55.0 Å². The van der Waals surface area contributed by atoms with Gasteiger partial charge >= 0.3 is 5.97 Å². The van der Waals surface area contributed by atoms with Crippen LogP contribution in [0.25, 0.3) is 10.2 Å². The Morgan fingerprint density at radius 2 is 2.09 bits per heavy atom. The molecule has 3 heterocycles. The molecule has 1 fully saturated rings. The highest BCUT2D eigenvalue weighted by Crippen LogP contribution is 2.37. The van der Waals surface area contributed by atoms with E-state index in [2.05, 4.69) is 16.4 Å². The summed E-state index contributed by atoms with van der Waals surface area (Å²) in [6.07, 6.45) is 5.58. The molecule has 4 rings (SSSR count). The molecule has 1 amide bonds. The molecule has 1 N–H and O–H groups in total. The lowest BCUT2D eigenvalue weighted by Crippen LogP contribution is -2.25. The number of hydrogen-bond donors (Lipinski definition) is 1. The predicted octanol–water partition coefficient (Wildman–Crippen LogP) is 3.44. The highest BCUT2D eigenvalue weighted by molar-refractivity contribution is 7.16. The van der Waals surface area contributed by atoms with E-state index < -0.39 is 18.5 Å². The third kappa shape index (κ3) is 4.54. The first-order valence-corrected chi connectivity index (χ1v) is 11.8. The average molecular weight is 468 g/mol. The van der Waals surface area contributed by atoms with Crippen molar-refractivity contribution in [2.45, 2.75) is 58.5 Å². The number of amides is 1. The fraction of sp³-hybridized carbons (Fsp3) is 0.435. The zero-order valence-corrected chi connectivity index (χ0v) is 19.4. The quantitative estimate of drug-likeness (QED) is 0.532. The molecule has 0 atom stereocenters. The van der Waals surface area contributed by atoms with E-state index in [4.69, 9.17) is 4.74 Å². The maximum absolute atomic E-state index is 12.5. The van der Waals surface area contributed by atoms with Crippen molar-refractivity contribution in [2.75, 3.05) is 11.9 Å². The molecule has 0 radical (unpaired) electrons. The molecule has 0 aromatic carbocycles. The second-order valence-electron chi connectivity index (χ2n) is 8.20. The highest BCUT2D eigenvalue weighted by atomic mass is 32.1. The summed E-state index contributed by atoms with van der Waals surface area (Å²) in [6, 6.07) is 4.14. The normalized spacial score (nSPS) is 13.8. The van der Waals surface area contributed by atoms with Crippen molar-refractivity contribution in [3.63, 3.8) is 0 Å². The number of anilines is 1. The van der Waals surface area contributed by atoms with Gasteiger partial charge in [0, 0.05) is 18.3 Å². The summed E-state index contributed by atoms with van der Waals surface area (Å²) >= 11 is 1.38. The van der Waals surface area contributed by atoms with Crippen molar-refractivity contribution < 1.29 is 14.3 Å². The van der Waals surface area contributed by atoms with Crippen LogP contribution in [-0.2, 0) is 20.9 Å². The molecule has 1 saturated carbocycles. The number of fused-ring (bicyclic) bond motifs is 1. The van der Waals surface area contributed by atoms with Crippen LogP contribution in [0.4, 0.5) is 5.82 Å². The highest BCUT2D eigenvalue weighted by Gasteiger charge is 2.26. The van der Waals surface area contributed by atoms with Crippen molar-refractivity contribution in [3.05, 3.63) is 44.9 Å². The number of esters is 1. The van der Waals surface area contributed by atoms with Gasteiger partial charge in [-0.25, -0.2) is 4.98 Å². The van der Waals surface area contributed by atoms with Gasteiger partial charge in [-0.15, -0.1) is 11.3 Å². The van der Waals surface area contributed by atoms with Crippen LogP contribution in [0.3, 0.4) is 0 Å². The fourth-order valence-corrected chi connectivity index (χ4v) is 5.08. The number of carbonyl (C=O) groups excluding carboxylic acids is 2. The molecule has 172 valence electrons. The number of thiophene rings is 1. The second kappa shape index (κ2) is 9.58. The summed E-state index contributed by atoms with van der Waals surface area (Å²) in [5.41, 5.74) is 2.04. The van der Waals surface area contributed by atoms with Gasteiger partial charge in [0.2, 0.25) is 0 Å². The molecule has 10 heteroatoms. The Kier molecular flexibility index (Phi) is 6.60. The molecule has 33 heavy (non-hydrogen) atoms. The number of ether oxygens (including phenoxy) is 1. The molecule has 1 aliphatic rings. The smallest absolute Gasteiger partial charge is 0.308 e. The van der Waals surface area contributed by atoms with Crippen LogP contribution in [0, 0.1) is 25.2 Å². The molecule has 0 saturated heterocycles. The number of carbonyl (C=O) groups is 2. The van der Waals surface area contributed by atoms with E-state index in [1.54, 1.807) is 11.4 Å². The van der Waals surface area contributed by atoms with E-state index in [-0.39, 0.29) is 24.6 Å². The first-order valence-electron chi connectivity index (χ1n) is 10.9. The van der Waals surface area contributed by atoms with Gasteiger partial charge in [-0.1, -0.05) is 12.8 Å². The summed E-state index contributed by atoms with van der Waals surface area (Å²) < 4.78 is 8.51. The minimum Gasteiger partial charge on any atom is -0.456 e. The van der Waals surface area contributed by atoms with Crippen LogP contribution >= 0.6 is 11.3 Å². The Balaban J connectivity index is 1.37. The number of hydrogen-bond acceptors (Lipinski definition) is 7. The number of nitriles is 1. The van der Waals surface area contributed by atoms with Gasteiger partial charge in [-0.3, -0.25) is 19.0 Å². The predicted molar refractivity (Wildman–Crippen MR) is 124 cm³/mol. The van der Waals surface area contributed by atoms with Crippen molar-refractivity contribution in [2.24, 2.45) is 0 Å². The molecule has 1 aliphatic carbocycles. The second-order valence-corrected chi connectivity index (χ2v) is 9.09. The molecule has 0 aliphatic heterocycles. The van der Waals surface area contributed by atoms with Crippen LogP contribution < -0.4 is 10.9 Å². The van der Waals surface area contributed by atoms with Crippen molar-refractivity contribution >= 4 is 39.2 Å². The zero-order chi connectivity index (χ0) is 23.5. The summed E-state index contributed by atoms with van der Waals surface area (Å²) in [7, 11) is 0. The summed E-state index contributed by atoms with van der Waals surface area (Å²) in [5, 5.41) is 14.7. The van der Waals surface area contributed by atoms with Crippen molar-refractivity contribution in [1.29, 1.82) is 5.26 Å². The monoisotopic (exact) mass is 467 g/mol. The molecule has 0 spiro atoms. The molecule has 3 aromatic rings. The van der Waals surface area contributed by atoms with E-state index in [0.29, 0.717) is 21.6 Å². The Labute approximate surface area is 194 Å². The summed E-state index contributed by atoms with van der Waals surface area (Å²) in [6.45, 7) is 3.47. The Morgan fingerprint density at radius 1 is 1.33 bits per heavy atom. The zero-order valence-electron chi connectivity index (χ0n) is 18.6. The van der Waals surface area contributed by atoms with Crippen molar-refractivity contribution in [3.8, 4) is 6.07 Å². The first kappa shape index (κ1) is 22.7. The number of nitrogens with zero attached hydrogens (tertiary/aromatic N) is 4. The topological polar surface area (TPSA) is 119 Å². The van der Waals surface area contributed by atoms with Crippen molar-refractivity contribution in [1.82, 2.24) is 14.1 Å². The third-order valence-electron chi connectivity index (χ3n) is 6.19. The van der Waals surface area contributed by atoms with Gasteiger partial charge in [-0.2, -0.15) is 5.26 Å². The largest absolute Gasteiger partial charge is 0.456 e. The van der Waals surface area contributed by atoms with Gasteiger partial charge in [0.05, 0.1) is 23.7 Å². The minimum atomic E-state index is -0.596. The summed E-state index contributed by atoms with van der Waals surface area (Å²) in [5.74, 6) is -0.626. The summed E-state index contributed by atoms with van der Waals surface area (Å²) in [4.78, 5) is 41.9. The lowest BCUT2D eigenvalue weighted by Gasteiger charge is -2.19. The standard InChI is InChI=1S/C23H25N5O4S/c1-14-15(2)28(16-5-3-4-6-16)21(18(14)11-24)26-19(29)12-32-20(30)7-9-27-13-25-22-17(23(27)31)8-10-33-22/h8,10,13,16H,3-7,9,12H2,1-2H3,(H,26,29). The van der Waals surface area contributed by atoms with E-state index in [1.807, 2.05) is 18.4 Å². The van der Waals surface area contributed by atoms with E-state index in [9.17, 15) is 19.6 Å². The maximum Gasteiger partial charge on any atom is 0.308 e. The van der Waals surface area contributed by atoms with E-state index in [0.717, 1.165) is 36.9 Å². The molecular formula is C23H25N5O4S. The fourth-order valence-electron chi connectivity index (χ4n) is 4.36. The van der Waals surface area contributed by atoms with Crippen LogP contribution in [0.15, 0.2) is 22.6 Å².